The maximum atomic E-state index is 12.4. The largest absolute Gasteiger partial charge is 0.573 e. The van der Waals surface area contributed by atoms with E-state index in [4.69, 9.17) is 11.6 Å². The molecule has 0 aliphatic carbocycles. The monoisotopic (exact) mass is 330 g/mol. The summed E-state index contributed by atoms with van der Waals surface area (Å²) in [5.41, 5.74) is 0.0327. The second kappa shape index (κ2) is 5.14. The van der Waals surface area contributed by atoms with E-state index in [1.54, 1.807) is 0 Å². The number of benzene rings is 1. The fourth-order valence-electron chi connectivity index (χ4n) is 1.49. The van der Waals surface area contributed by atoms with Crippen molar-refractivity contribution in [1.82, 2.24) is 9.78 Å². The van der Waals surface area contributed by atoms with Crippen molar-refractivity contribution in [3.8, 4) is 17.0 Å². The first kappa shape index (κ1) is 15.5. The average Bonchev–Trinajstić information content (AvgIpc) is 2.79. The molecule has 114 valence electrons. The molecule has 1 aromatic heterocycles. The Labute approximate surface area is 118 Å². The highest BCUT2D eigenvalue weighted by molar-refractivity contribution is 6.32. The van der Waals surface area contributed by atoms with Gasteiger partial charge in [0.1, 0.15) is 5.75 Å². The highest BCUT2D eigenvalue weighted by Gasteiger charge is 2.33. The van der Waals surface area contributed by atoms with Crippen LogP contribution in [-0.4, -0.2) is 16.1 Å². The lowest BCUT2D eigenvalue weighted by Gasteiger charge is -2.10. The van der Waals surface area contributed by atoms with E-state index in [1.165, 1.54) is 0 Å². The zero-order valence-corrected chi connectivity index (χ0v) is 10.6. The van der Waals surface area contributed by atoms with E-state index in [0.717, 1.165) is 24.3 Å². The van der Waals surface area contributed by atoms with Gasteiger partial charge in [-0.2, -0.15) is 9.78 Å². The van der Waals surface area contributed by atoms with Crippen molar-refractivity contribution in [1.29, 1.82) is 0 Å². The van der Waals surface area contributed by atoms with Crippen molar-refractivity contribution < 1.29 is 31.1 Å². The third-order valence-electron chi connectivity index (χ3n) is 2.30. The molecule has 2 rings (SSSR count). The molecule has 0 saturated heterocycles. The molecule has 0 unspecified atom stereocenters. The maximum Gasteiger partial charge on any atom is 0.573 e. The van der Waals surface area contributed by atoms with Crippen molar-refractivity contribution in [3.63, 3.8) is 0 Å². The van der Waals surface area contributed by atoms with Crippen molar-refractivity contribution in [2.75, 3.05) is 0 Å². The molecule has 21 heavy (non-hydrogen) atoms. The van der Waals surface area contributed by atoms with E-state index in [9.17, 15) is 26.3 Å². The van der Waals surface area contributed by atoms with Crippen LogP contribution in [0.1, 0.15) is 0 Å². The van der Waals surface area contributed by atoms with Crippen LogP contribution in [0.3, 0.4) is 0 Å². The summed E-state index contributed by atoms with van der Waals surface area (Å²) in [6, 6.07) is 4.11. The van der Waals surface area contributed by atoms with Gasteiger partial charge in [-0.3, -0.25) is 0 Å². The molecule has 1 aromatic carbocycles. The first-order valence-corrected chi connectivity index (χ1v) is 5.62. The Bertz CT molecular complexity index is 649. The Kier molecular flexibility index (Phi) is 3.79. The normalized spacial score (nSPS) is 12.5. The minimum absolute atomic E-state index is 0.0900. The van der Waals surface area contributed by atoms with Crippen molar-refractivity contribution in [2.45, 2.75) is 12.7 Å². The van der Waals surface area contributed by atoms with Crippen LogP contribution >= 0.6 is 11.6 Å². The molecule has 0 amide bonds. The third kappa shape index (κ3) is 3.81. The SMILES string of the molecule is FC(F)(F)Oc1ccc(-c2ccn(C(F)(F)F)n2)cc1Cl. The average molecular weight is 331 g/mol. The van der Waals surface area contributed by atoms with Gasteiger partial charge in [-0.25, -0.2) is 0 Å². The van der Waals surface area contributed by atoms with Gasteiger partial charge in [0, 0.05) is 11.8 Å². The Morgan fingerprint density at radius 1 is 1.05 bits per heavy atom. The number of rotatable bonds is 2. The summed E-state index contributed by atoms with van der Waals surface area (Å²) in [4.78, 5) is 0. The molecular weight excluding hydrogens is 326 g/mol. The molecule has 0 bridgehead atoms. The summed E-state index contributed by atoms with van der Waals surface area (Å²) in [7, 11) is 0. The topological polar surface area (TPSA) is 27.1 Å². The number of hydrogen-bond acceptors (Lipinski definition) is 2. The Balaban J connectivity index is 2.30. The quantitative estimate of drug-likeness (QED) is 0.754. The Morgan fingerprint density at radius 3 is 2.19 bits per heavy atom. The summed E-state index contributed by atoms with van der Waals surface area (Å²) in [5.74, 6) is -0.650. The second-order valence-corrected chi connectivity index (χ2v) is 4.21. The van der Waals surface area contributed by atoms with Gasteiger partial charge < -0.3 is 4.74 Å². The second-order valence-electron chi connectivity index (χ2n) is 3.81. The van der Waals surface area contributed by atoms with Crippen molar-refractivity contribution >= 4 is 11.6 Å². The fourth-order valence-corrected chi connectivity index (χ4v) is 1.71. The van der Waals surface area contributed by atoms with E-state index in [1.807, 2.05) is 0 Å². The van der Waals surface area contributed by atoms with Crippen LogP contribution in [0.25, 0.3) is 11.3 Å². The van der Waals surface area contributed by atoms with Gasteiger partial charge in [-0.05, 0) is 24.3 Å². The van der Waals surface area contributed by atoms with Gasteiger partial charge in [-0.1, -0.05) is 11.6 Å². The number of alkyl halides is 6. The molecule has 0 saturated carbocycles. The molecule has 1 heterocycles. The van der Waals surface area contributed by atoms with E-state index < -0.39 is 23.4 Å². The predicted octanol–water partition coefficient (Wildman–Crippen LogP) is 4.58. The summed E-state index contributed by atoms with van der Waals surface area (Å²) in [5, 5.41) is 2.87. The van der Waals surface area contributed by atoms with Crippen LogP contribution in [0.2, 0.25) is 5.02 Å². The molecule has 3 nitrogen and oxygen atoms in total. The third-order valence-corrected chi connectivity index (χ3v) is 2.60. The Morgan fingerprint density at radius 2 is 1.71 bits per heavy atom. The molecule has 0 radical (unpaired) electrons. The highest BCUT2D eigenvalue weighted by Crippen LogP contribution is 2.33. The molecule has 0 fully saturated rings. The predicted molar refractivity (Wildman–Crippen MR) is 60.7 cm³/mol. The van der Waals surface area contributed by atoms with Gasteiger partial charge in [0.15, 0.2) is 0 Å². The van der Waals surface area contributed by atoms with Crippen LogP contribution in [-0.2, 0) is 6.30 Å². The van der Waals surface area contributed by atoms with Crippen LogP contribution in [0, 0.1) is 0 Å². The molecule has 0 spiro atoms. The zero-order chi connectivity index (χ0) is 15.8. The molecular formula is C11H5ClF6N2O. The standard InChI is InChI=1S/C11H5ClF6N2O/c12-7-5-6(1-2-9(7)21-11(16,17)18)8-3-4-20(19-8)10(13,14)15/h1-5H. The minimum Gasteiger partial charge on any atom is -0.404 e. The lowest BCUT2D eigenvalue weighted by molar-refractivity contribution is -0.274. The molecule has 0 N–H and O–H groups in total. The zero-order valence-electron chi connectivity index (χ0n) is 9.84. The fraction of sp³-hybridized carbons (Fsp3) is 0.182. The first-order valence-electron chi connectivity index (χ1n) is 5.25. The summed E-state index contributed by atoms with van der Waals surface area (Å²) < 4.78 is 76.7. The van der Waals surface area contributed by atoms with E-state index in [2.05, 4.69) is 9.84 Å². The maximum absolute atomic E-state index is 12.4. The van der Waals surface area contributed by atoms with Gasteiger partial charge in [0.05, 0.1) is 10.7 Å². The van der Waals surface area contributed by atoms with Crippen LogP contribution in [0.15, 0.2) is 30.5 Å². The number of aromatic nitrogens is 2. The van der Waals surface area contributed by atoms with Gasteiger partial charge in [0.2, 0.25) is 0 Å². The lowest BCUT2D eigenvalue weighted by Crippen LogP contribution is -2.17. The number of ether oxygens (including phenoxy) is 1. The van der Waals surface area contributed by atoms with Gasteiger partial charge >= 0.3 is 12.7 Å². The van der Waals surface area contributed by atoms with E-state index in [-0.39, 0.29) is 15.9 Å². The molecule has 10 heteroatoms. The van der Waals surface area contributed by atoms with Gasteiger partial charge in [-0.15, -0.1) is 26.3 Å². The van der Waals surface area contributed by atoms with Crippen LogP contribution < -0.4 is 4.74 Å². The molecule has 0 aliphatic rings. The molecule has 2 aromatic rings. The summed E-state index contributed by atoms with van der Waals surface area (Å²) in [6.07, 6.45) is -8.91. The highest BCUT2D eigenvalue weighted by atomic mass is 35.5. The van der Waals surface area contributed by atoms with Crippen LogP contribution in [0.4, 0.5) is 26.3 Å². The van der Waals surface area contributed by atoms with E-state index >= 15 is 0 Å². The molecule has 0 atom stereocenters. The molecule has 0 aliphatic heterocycles. The minimum atomic E-state index is -4.91. The number of hydrogen-bond donors (Lipinski definition) is 0. The van der Waals surface area contributed by atoms with Crippen molar-refractivity contribution in [2.24, 2.45) is 0 Å². The number of nitrogens with zero attached hydrogens (tertiary/aromatic N) is 2. The van der Waals surface area contributed by atoms with Crippen LogP contribution in [0.5, 0.6) is 5.75 Å². The lowest BCUT2D eigenvalue weighted by atomic mass is 10.1. The summed E-state index contributed by atoms with van der Waals surface area (Å²) in [6.45, 7) is 0. The summed E-state index contributed by atoms with van der Waals surface area (Å²) >= 11 is 5.60. The number of halogens is 7. The smallest absolute Gasteiger partial charge is 0.404 e. The van der Waals surface area contributed by atoms with Gasteiger partial charge in [0.25, 0.3) is 0 Å². The first-order chi connectivity index (χ1) is 9.56. The Hall–Kier alpha value is -1.90. The van der Waals surface area contributed by atoms with Crippen molar-refractivity contribution in [3.05, 3.63) is 35.5 Å². The van der Waals surface area contributed by atoms with E-state index in [0.29, 0.717) is 6.20 Å².